The number of likely N-dealkylation sites (tertiary alicyclic amines) is 1. The zero-order valence-electron chi connectivity index (χ0n) is 25.1. The van der Waals surface area contributed by atoms with E-state index in [0.717, 1.165) is 19.3 Å². The average Bonchev–Trinajstić information content (AvgIpc) is 3.43. The van der Waals surface area contributed by atoms with Gasteiger partial charge < -0.3 is 19.6 Å². The highest BCUT2D eigenvalue weighted by molar-refractivity contribution is 8.02. The number of aliphatic hydroxyl groups excluding tert-OH is 1. The Balaban J connectivity index is 2.09. The molecular formula is C31H50N2O5S. The summed E-state index contributed by atoms with van der Waals surface area (Å²) in [7, 11) is 0. The first-order chi connectivity index (χ1) is 18.2. The predicted octanol–water partition coefficient (Wildman–Crippen LogP) is 4.83. The topological polar surface area (TPSA) is 87.1 Å². The van der Waals surface area contributed by atoms with Crippen molar-refractivity contribution in [3.8, 4) is 0 Å². The summed E-state index contributed by atoms with van der Waals surface area (Å²) < 4.78 is 4.93. The van der Waals surface area contributed by atoms with E-state index in [1.807, 2.05) is 11.8 Å². The van der Waals surface area contributed by atoms with Gasteiger partial charge in [-0.25, -0.2) is 0 Å². The van der Waals surface area contributed by atoms with Crippen LogP contribution in [0.1, 0.15) is 80.6 Å². The van der Waals surface area contributed by atoms with Crippen LogP contribution in [-0.2, 0) is 19.1 Å². The molecule has 0 aromatic rings. The predicted molar refractivity (Wildman–Crippen MR) is 157 cm³/mol. The van der Waals surface area contributed by atoms with E-state index < -0.39 is 34.2 Å². The molecule has 8 heteroatoms. The van der Waals surface area contributed by atoms with Crippen molar-refractivity contribution < 1.29 is 24.2 Å². The van der Waals surface area contributed by atoms with E-state index in [0.29, 0.717) is 19.4 Å². The monoisotopic (exact) mass is 562 g/mol. The second-order valence-electron chi connectivity index (χ2n) is 13.4. The number of fused-ring (bicyclic) bond motifs is 1. The number of ether oxygens (including phenoxy) is 1. The molecule has 3 heterocycles. The van der Waals surface area contributed by atoms with Gasteiger partial charge in [0, 0.05) is 17.3 Å². The molecule has 3 aliphatic rings. The third kappa shape index (κ3) is 5.70. The van der Waals surface area contributed by atoms with Crippen molar-refractivity contribution in [1.82, 2.24) is 9.80 Å². The molecule has 1 N–H and O–H groups in total. The molecule has 0 aliphatic carbocycles. The number of esters is 1. The molecule has 2 bridgehead atoms. The minimum atomic E-state index is -0.769. The number of nitrogens with zero attached hydrogens (tertiary/aromatic N) is 2. The van der Waals surface area contributed by atoms with Crippen molar-refractivity contribution in [2.24, 2.45) is 23.2 Å². The highest BCUT2D eigenvalue weighted by Gasteiger charge is 2.77. The summed E-state index contributed by atoms with van der Waals surface area (Å²) in [5, 5.41) is 10.3. The molecule has 7 nitrogen and oxygen atoms in total. The minimum Gasteiger partial charge on any atom is -0.465 e. The average molecular weight is 563 g/mol. The minimum absolute atomic E-state index is 0.0272. The molecule has 2 amide bonds. The van der Waals surface area contributed by atoms with Crippen LogP contribution in [0, 0.1) is 23.2 Å². The van der Waals surface area contributed by atoms with Gasteiger partial charge in [0.25, 0.3) is 0 Å². The summed E-state index contributed by atoms with van der Waals surface area (Å²) in [6.45, 7) is 22.7. The van der Waals surface area contributed by atoms with E-state index >= 15 is 0 Å². The zero-order chi connectivity index (χ0) is 29.3. The van der Waals surface area contributed by atoms with Crippen LogP contribution in [0.15, 0.2) is 25.3 Å². The largest absolute Gasteiger partial charge is 0.465 e. The summed E-state index contributed by atoms with van der Waals surface area (Å²) in [6.07, 6.45) is 7.01. The fourth-order valence-electron chi connectivity index (χ4n) is 7.62. The van der Waals surface area contributed by atoms with Gasteiger partial charge in [0.15, 0.2) is 0 Å². The molecular weight excluding hydrogens is 512 g/mol. The fraction of sp³-hybridized carbons (Fsp3) is 0.774. The Morgan fingerprint density at radius 2 is 1.92 bits per heavy atom. The number of allylic oxidation sites excluding steroid dienone is 1. The van der Waals surface area contributed by atoms with E-state index in [1.165, 1.54) is 0 Å². The number of carbonyl (C=O) groups excluding carboxylic acids is 3. The molecule has 3 aliphatic heterocycles. The number of rotatable bonds is 13. The van der Waals surface area contributed by atoms with Crippen LogP contribution in [0.4, 0.5) is 0 Å². The highest BCUT2D eigenvalue weighted by atomic mass is 32.2. The van der Waals surface area contributed by atoms with Crippen LogP contribution in [-0.4, -0.2) is 80.1 Å². The summed E-state index contributed by atoms with van der Waals surface area (Å²) in [6, 6.07) is -1.27. The second-order valence-corrected chi connectivity index (χ2v) is 15.0. The van der Waals surface area contributed by atoms with Crippen molar-refractivity contribution in [2.75, 3.05) is 19.8 Å². The standard InChI is InChI=1S/C31H50N2O5S/c1-10-13-14-16-38-28(37)23-22-17-20(4)31(39-22)24(23)26(35)33(21(12-3)18-34)25(31)27(36)32(15-11-2)30(8,9)19-29(5,6)7/h10-11,20-25,34H,1-2,12-19H2,3-9H3/t20?,21-,22+,23-,24-,25?,31?/m0/s1. The second kappa shape index (κ2) is 12.0. The van der Waals surface area contributed by atoms with Crippen molar-refractivity contribution in [3.05, 3.63) is 25.3 Å². The SMILES string of the molecule is C=CCCCOC(=O)[C@@H]1[C@H]2C(=O)N([C@@H](CC)CO)C(C(=O)N(CC=C)C(C)(C)CC(C)(C)C)C23S[C@@H]1CC3C. The fourth-order valence-corrected chi connectivity index (χ4v) is 10.0. The van der Waals surface area contributed by atoms with E-state index in [4.69, 9.17) is 4.74 Å². The van der Waals surface area contributed by atoms with Crippen LogP contribution in [0.25, 0.3) is 0 Å². The maximum Gasteiger partial charge on any atom is 0.310 e. The Hall–Kier alpha value is -1.80. The first-order valence-electron chi connectivity index (χ1n) is 14.5. The lowest BCUT2D eigenvalue weighted by Crippen LogP contribution is -2.62. The first kappa shape index (κ1) is 31.7. The molecule has 0 aromatic carbocycles. The van der Waals surface area contributed by atoms with Crippen LogP contribution in [0.5, 0.6) is 0 Å². The Morgan fingerprint density at radius 1 is 1.26 bits per heavy atom. The van der Waals surface area contributed by atoms with Gasteiger partial charge in [0.05, 0.1) is 35.8 Å². The van der Waals surface area contributed by atoms with Gasteiger partial charge in [-0.05, 0) is 57.3 Å². The number of amides is 2. The van der Waals surface area contributed by atoms with Gasteiger partial charge in [-0.1, -0.05) is 46.8 Å². The molecule has 1 spiro atoms. The van der Waals surface area contributed by atoms with E-state index in [-0.39, 0.29) is 47.6 Å². The summed E-state index contributed by atoms with van der Waals surface area (Å²) >= 11 is 1.64. The number of hydrogen-bond donors (Lipinski definition) is 1. The normalized spacial score (nSPS) is 30.7. The van der Waals surface area contributed by atoms with Crippen molar-refractivity contribution in [1.29, 1.82) is 0 Å². The first-order valence-corrected chi connectivity index (χ1v) is 15.4. The molecule has 220 valence electrons. The van der Waals surface area contributed by atoms with Crippen LogP contribution in [0.3, 0.4) is 0 Å². The number of hydrogen-bond acceptors (Lipinski definition) is 6. The third-order valence-electron chi connectivity index (χ3n) is 8.83. The molecule has 0 radical (unpaired) electrons. The number of aliphatic hydroxyl groups is 1. The van der Waals surface area contributed by atoms with Crippen molar-refractivity contribution in [3.63, 3.8) is 0 Å². The Kier molecular flexibility index (Phi) is 9.74. The van der Waals surface area contributed by atoms with Gasteiger partial charge in [-0.3, -0.25) is 14.4 Å². The lowest BCUT2D eigenvalue weighted by molar-refractivity contribution is -0.155. The van der Waals surface area contributed by atoms with Crippen LogP contribution < -0.4 is 0 Å². The number of thioether (sulfide) groups is 1. The zero-order valence-corrected chi connectivity index (χ0v) is 25.9. The molecule has 0 saturated carbocycles. The maximum absolute atomic E-state index is 14.8. The Morgan fingerprint density at radius 3 is 2.46 bits per heavy atom. The van der Waals surface area contributed by atoms with Gasteiger partial charge >= 0.3 is 5.97 Å². The lowest BCUT2D eigenvalue weighted by Gasteiger charge is -2.47. The highest BCUT2D eigenvalue weighted by Crippen LogP contribution is 2.69. The molecule has 3 saturated heterocycles. The van der Waals surface area contributed by atoms with E-state index in [9.17, 15) is 19.5 Å². The number of carbonyl (C=O) groups is 3. The molecule has 3 fully saturated rings. The van der Waals surface area contributed by atoms with Gasteiger partial charge in [0.2, 0.25) is 11.8 Å². The summed E-state index contributed by atoms with van der Waals surface area (Å²) in [4.78, 5) is 46.1. The number of unbranched alkanes of at least 4 members (excludes halogenated alkanes) is 1. The van der Waals surface area contributed by atoms with E-state index in [1.54, 1.807) is 28.8 Å². The third-order valence-corrected chi connectivity index (χ3v) is 10.9. The molecule has 0 aromatic heterocycles. The van der Waals surface area contributed by atoms with Crippen molar-refractivity contribution >= 4 is 29.5 Å². The summed E-state index contributed by atoms with van der Waals surface area (Å²) in [5.41, 5.74) is -0.525. The van der Waals surface area contributed by atoms with E-state index in [2.05, 4.69) is 54.7 Å². The molecule has 39 heavy (non-hydrogen) atoms. The molecule has 7 atom stereocenters. The maximum atomic E-state index is 14.8. The van der Waals surface area contributed by atoms with Crippen LogP contribution >= 0.6 is 11.8 Å². The van der Waals surface area contributed by atoms with Gasteiger partial charge in [-0.2, -0.15) is 0 Å². The van der Waals surface area contributed by atoms with Gasteiger partial charge in [0.1, 0.15) is 6.04 Å². The lowest BCUT2D eigenvalue weighted by atomic mass is 9.66. The van der Waals surface area contributed by atoms with Crippen LogP contribution in [0.2, 0.25) is 0 Å². The van der Waals surface area contributed by atoms with Crippen molar-refractivity contribution in [2.45, 2.75) is 108 Å². The quantitative estimate of drug-likeness (QED) is 0.197. The Labute approximate surface area is 239 Å². The van der Waals surface area contributed by atoms with Gasteiger partial charge in [-0.15, -0.1) is 24.9 Å². The summed E-state index contributed by atoms with van der Waals surface area (Å²) in [5.74, 6) is -1.84. The molecule has 3 rings (SSSR count). The Bertz CT molecular complexity index is 955. The smallest absolute Gasteiger partial charge is 0.310 e. The molecule has 3 unspecified atom stereocenters.